The van der Waals surface area contributed by atoms with Crippen LogP contribution in [0.2, 0.25) is 0 Å². The lowest BCUT2D eigenvalue weighted by Crippen LogP contribution is -2.40. The number of hydrogen-bond acceptors (Lipinski definition) is 2. The topological polar surface area (TPSA) is 50.4 Å². The highest BCUT2D eigenvalue weighted by atomic mass is 79.9. The van der Waals surface area contributed by atoms with E-state index in [0.29, 0.717) is 6.54 Å². The average Bonchev–Trinajstić information content (AvgIpc) is 2.28. The van der Waals surface area contributed by atoms with E-state index in [0.717, 1.165) is 22.2 Å². The third-order valence-corrected chi connectivity index (χ3v) is 2.95. The number of nitrogens with one attached hydrogen (secondary N) is 2. The molecule has 0 unspecified atom stereocenters. The molecule has 5 heteroatoms. The number of urea groups is 1. The van der Waals surface area contributed by atoms with Crippen LogP contribution in [0.15, 0.2) is 22.7 Å². The van der Waals surface area contributed by atoms with E-state index in [1.807, 2.05) is 32.0 Å². The molecule has 0 saturated heterocycles. The SMILES string of the molecule is COc1ccc(CCNC(=O)NC(C)C)cc1Br. The van der Waals surface area contributed by atoms with E-state index in [4.69, 9.17) is 4.74 Å². The second kappa shape index (κ2) is 7.26. The van der Waals surface area contributed by atoms with E-state index in [1.165, 1.54) is 0 Å². The number of ether oxygens (including phenoxy) is 1. The first-order chi connectivity index (χ1) is 8.52. The zero-order valence-corrected chi connectivity index (χ0v) is 12.5. The zero-order chi connectivity index (χ0) is 13.5. The molecule has 0 aliphatic heterocycles. The molecular weight excluding hydrogens is 296 g/mol. The van der Waals surface area contributed by atoms with Crippen LogP contribution in [0.4, 0.5) is 4.79 Å². The molecule has 1 aromatic rings. The van der Waals surface area contributed by atoms with Gasteiger partial charge in [0.1, 0.15) is 5.75 Å². The van der Waals surface area contributed by atoms with E-state index in [2.05, 4.69) is 26.6 Å². The van der Waals surface area contributed by atoms with Gasteiger partial charge in [0, 0.05) is 12.6 Å². The maximum Gasteiger partial charge on any atom is 0.314 e. The molecule has 0 heterocycles. The lowest BCUT2D eigenvalue weighted by molar-refractivity contribution is 0.238. The Labute approximate surface area is 116 Å². The Morgan fingerprint density at radius 1 is 1.44 bits per heavy atom. The maximum atomic E-state index is 11.4. The molecule has 0 spiro atoms. The summed E-state index contributed by atoms with van der Waals surface area (Å²) in [7, 11) is 1.64. The van der Waals surface area contributed by atoms with Crippen LogP contribution in [-0.2, 0) is 6.42 Å². The molecule has 0 fully saturated rings. The molecule has 4 nitrogen and oxygen atoms in total. The Kier molecular flexibility index (Phi) is 5.98. The van der Waals surface area contributed by atoms with Crippen molar-refractivity contribution in [2.24, 2.45) is 0 Å². The number of hydrogen-bond donors (Lipinski definition) is 2. The van der Waals surface area contributed by atoms with Gasteiger partial charge in [0.25, 0.3) is 0 Å². The summed E-state index contributed by atoms with van der Waals surface area (Å²) in [5.74, 6) is 0.810. The Balaban J connectivity index is 2.40. The summed E-state index contributed by atoms with van der Waals surface area (Å²) in [5, 5.41) is 5.59. The van der Waals surface area contributed by atoms with Crippen LogP contribution < -0.4 is 15.4 Å². The largest absolute Gasteiger partial charge is 0.496 e. The summed E-state index contributed by atoms with van der Waals surface area (Å²) in [6.07, 6.45) is 0.786. The van der Waals surface area contributed by atoms with Crippen molar-refractivity contribution in [3.05, 3.63) is 28.2 Å². The third kappa shape index (κ3) is 4.96. The summed E-state index contributed by atoms with van der Waals surface area (Å²) in [4.78, 5) is 11.4. The molecule has 18 heavy (non-hydrogen) atoms. The van der Waals surface area contributed by atoms with Crippen molar-refractivity contribution in [2.75, 3.05) is 13.7 Å². The van der Waals surface area contributed by atoms with Crippen LogP contribution in [0.3, 0.4) is 0 Å². The summed E-state index contributed by atoms with van der Waals surface area (Å²) >= 11 is 3.44. The van der Waals surface area contributed by atoms with Crippen molar-refractivity contribution in [3.63, 3.8) is 0 Å². The van der Waals surface area contributed by atoms with Crippen molar-refractivity contribution in [1.82, 2.24) is 10.6 Å². The minimum Gasteiger partial charge on any atom is -0.496 e. The van der Waals surface area contributed by atoms with Gasteiger partial charge in [0.2, 0.25) is 0 Å². The fraction of sp³-hybridized carbons (Fsp3) is 0.462. The molecule has 0 aliphatic rings. The zero-order valence-electron chi connectivity index (χ0n) is 10.9. The highest BCUT2D eigenvalue weighted by Gasteiger charge is 2.03. The number of benzene rings is 1. The number of halogens is 1. The van der Waals surface area contributed by atoms with Gasteiger partial charge in [-0.3, -0.25) is 0 Å². The highest BCUT2D eigenvalue weighted by molar-refractivity contribution is 9.10. The first-order valence-corrected chi connectivity index (χ1v) is 6.69. The van der Waals surface area contributed by atoms with Gasteiger partial charge in [0.15, 0.2) is 0 Å². The predicted molar refractivity (Wildman–Crippen MR) is 76.1 cm³/mol. The van der Waals surface area contributed by atoms with E-state index >= 15 is 0 Å². The molecule has 0 aliphatic carbocycles. The monoisotopic (exact) mass is 314 g/mol. The summed E-state index contributed by atoms with van der Waals surface area (Å²) in [5.41, 5.74) is 1.15. The summed E-state index contributed by atoms with van der Waals surface area (Å²) < 4.78 is 6.08. The van der Waals surface area contributed by atoms with Crippen molar-refractivity contribution < 1.29 is 9.53 Å². The number of carbonyl (C=O) groups is 1. The van der Waals surface area contributed by atoms with Crippen molar-refractivity contribution in [2.45, 2.75) is 26.3 Å². The Morgan fingerprint density at radius 3 is 2.72 bits per heavy atom. The van der Waals surface area contributed by atoms with Crippen LogP contribution in [0, 0.1) is 0 Å². The molecule has 0 atom stereocenters. The smallest absolute Gasteiger partial charge is 0.314 e. The molecule has 0 radical (unpaired) electrons. The average molecular weight is 315 g/mol. The van der Waals surface area contributed by atoms with E-state index in [1.54, 1.807) is 7.11 Å². The summed E-state index contributed by atoms with van der Waals surface area (Å²) in [6, 6.07) is 5.93. The molecule has 0 bridgehead atoms. The van der Waals surface area contributed by atoms with Crippen LogP contribution in [0.1, 0.15) is 19.4 Å². The molecule has 2 amide bonds. The molecule has 1 aromatic carbocycles. The third-order valence-electron chi connectivity index (χ3n) is 2.34. The molecule has 100 valence electrons. The van der Waals surface area contributed by atoms with E-state index in [-0.39, 0.29) is 12.1 Å². The molecule has 1 rings (SSSR count). The molecule has 0 saturated carbocycles. The van der Waals surface area contributed by atoms with Crippen LogP contribution >= 0.6 is 15.9 Å². The van der Waals surface area contributed by atoms with E-state index < -0.39 is 0 Å². The quantitative estimate of drug-likeness (QED) is 0.878. The van der Waals surface area contributed by atoms with Crippen LogP contribution in [-0.4, -0.2) is 25.7 Å². The fourth-order valence-electron chi connectivity index (χ4n) is 1.50. The maximum absolute atomic E-state index is 11.4. The van der Waals surface area contributed by atoms with Crippen molar-refractivity contribution in [3.8, 4) is 5.75 Å². The second-order valence-corrected chi connectivity index (χ2v) is 5.13. The van der Waals surface area contributed by atoms with Crippen molar-refractivity contribution in [1.29, 1.82) is 0 Å². The lowest BCUT2D eigenvalue weighted by atomic mass is 10.1. The van der Waals surface area contributed by atoms with Gasteiger partial charge in [-0.25, -0.2) is 4.79 Å². The first kappa shape index (κ1) is 14.8. The van der Waals surface area contributed by atoms with Crippen LogP contribution in [0.5, 0.6) is 5.75 Å². The number of amides is 2. The summed E-state index contributed by atoms with van der Waals surface area (Å²) in [6.45, 7) is 4.47. The highest BCUT2D eigenvalue weighted by Crippen LogP contribution is 2.25. The van der Waals surface area contributed by atoms with Gasteiger partial charge in [-0.05, 0) is 53.9 Å². The standard InChI is InChI=1S/C13H19BrN2O2/c1-9(2)16-13(17)15-7-6-10-4-5-12(18-3)11(14)8-10/h4-5,8-9H,6-7H2,1-3H3,(H2,15,16,17). The van der Waals surface area contributed by atoms with Gasteiger partial charge in [-0.1, -0.05) is 6.07 Å². The minimum atomic E-state index is -0.127. The predicted octanol–water partition coefficient (Wildman–Crippen LogP) is 2.71. The normalized spacial score (nSPS) is 10.3. The molecule has 0 aromatic heterocycles. The first-order valence-electron chi connectivity index (χ1n) is 5.89. The molecule has 2 N–H and O–H groups in total. The Bertz CT molecular complexity index is 408. The Morgan fingerprint density at radius 2 is 2.17 bits per heavy atom. The molecular formula is C13H19BrN2O2. The Hall–Kier alpha value is -1.23. The van der Waals surface area contributed by atoms with Gasteiger partial charge in [-0.2, -0.15) is 0 Å². The van der Waals surface area contributed by atoms with Gasteiger partial charge in [0.05, 0.1) is 11.6 Å². The van der Waals surface area contributed by atoms with Crippen molar-refractivity contribution >= 4 is 22.0 Å². The number of rotatable bonds is 5. The number of methoxy groups -OCH3 is 1. The van der Waals surface area contributed by atoms with Crippen LogP contribution in [0.25, 0.3) is 0 Å². The minimum absolute atomic E-state index is 0.127. The van der Waals surface area contributed by atoms with Gasteiger partial charge < -0.3 is 15.4 Å². The lowest BCUT2D eigenvalue weighted by Gasteiger charge is -2.10. The fourth-order valence-corrected chi connectivity index (χ4v) is 2.09. The van der Waals surface area contributed by atoms with Gasteiger partial charge in [-0.15, -0.1) is 0 Å². The number of carbonyl (C=O) groups excluding carboxylic acids is 1. The second-order valence-electron chi connectivity index (χ2n) is 4.27. The van der Waals surface area contributed by atoms with Gasteiger partial charge >= 0.3 is 6.03 Å². The van der Waals surface area contributed by atoms with E-state index in [9.17, 15) is 4.79 Å².